The Hall–Kier alpha value is -2.50. The van der Waals surface area contributed by atoms with Crippen LogP contribution in [0.3, 0.4) is 0 Å². The molecule has 1 aromatic heterocycles. The molecule has 0 radical (unpaired) electrons. The number of hydrogen-bond donors (Lipinski definition) is 1. The molecule has 1 aliphatic heterocycles. The molecule has 0 amide bonds. The largest absolute Gasteiger partial charge is 0.368 e. The lowest BCUT2D eigenvalue weighted by molar-refractivity contribution is 0.0988. The van der Waals surface area contributed by atoms with Gasteiger partial charge in [0.25, 0.3) is 0 Å². The molecular formula is C20H25FN4O. The Morgan fingerprint density at radius 3 is 2.81 bits per heavy atom. The van der Waals surface area contributed by atoms with Gasteiger partial charge >= 0.3 is 0 Å². The molecule has 138 valence electrons. The second-order valence-corrected chi connectivity index (χ2v) is 6.80. The predicted molar refractivity (Wildman–Crippen MR) is 101 cm³/mol. The average Bonchev–Trinajstić information content (AvgIpc) is 2.86. The van der Waals surface area contributed by atoms with Crippen molar-refractivity contribution >= 4 is 17.5 Å². The average molecular weight is 356 g/mol. The third kappa shape index (κ3) is 3.84. The zero-order chi connectivity index (χ0) is 18.7. The van der Waals surface area contributed by atoms with Crippen LogP contribution in [0, 0.1) is 12.7 Å². The van der Waals surface area contributed by atoms with Crippen molar-refractivity contribution in [2.24, 2.45) is 0 Å². The number of Topliss-reactive ketones (excluding diaryl/α,β-unsaturated/α-hetero) is 1. The number of ketones is 1. The van der Waals surface area contributed by atoms with Gasteiger partial charge in [0.2, 0.25) is 5.95 Å². The van der Waals surface area contributed by atoms with E-state index in [4.69, 9.17) is 5.73 Å². The minimum absolute atomic E-state index is 0.0218. The Morgan fingerprint density at radius 1 is 1.27 bits per heavy atom. The highest BCUT2D eigenvalue weighted by Gasteiger charge is 2.27. The third-order valence-corrected chi connectivity index (χ3v) is 4.90. The molecule has 5 nitrogen and oxygen atoms in total. The van der Waals surface area contributed by atoms with Crippen molar-refractivity contribution in [2.45, 2.75) is 52.0 Å². The lowest BCUT2D eigenvalue weighted by Gasteiger charge is -2.32. The summed E-state index contributed by atoms with van der Waals surface area (Å²) < 4.78 is 14.7. The van der Waals surface area contributed by atoms with Crippen molar-refractivity contribution in [3.63, 3.8) is 0 Å². The van der Waals surface area contributed by atoms with Crippen LogP contribution in [0.25, 0.3) is 0 Å². The fraction of sp³-hybridized carbons (Fsp3) is 0.450. The Bertz CT molecular complexity index is 788. The highest BCUT2D eigenvalue weighted by atomic mass is 19.1. The van der Waals surface area contributed by atoms with Crippen molar-refractivity contribution in [3.8, 4) is 0 Å². The van der Waals surface area contributed by atoms with E-state index < -0.39 is 0 Å². The highest BCUT2D eigenvalue weighted by Crippen LogP contribution is 2.35. The van der Waals surface area contributed by atoms with Gasteiger partial charge in [0.05, 0.1) is 6.04 Å². The molecule has 2 aromatic rings. The van der Waals surface area contributed by atoms with Crippen LogP contribution in [-0.2, 0) is 0 Å². The SMILES string of the molecule is CCC(=O)c1ccc(F)c(C2CCCCCN2c2cc(C)nc(N)n2)c1. The van der Waals surface area contributed by atoms with Gasteiger partial charge in [-0.05, 0) is 38.0 Å². The first kappa shape index (κ1) is 18.3. The predicted octanol–water partition coefficient (Wildman–Crippen LogP) is 4.22. The minimum atomic E-state index is -0.284. The highest BCUT2D eigenvalue weighted by molar-refractivity contribution is 5.96. The van der Waals surface area contributed by atoms with Gasteiger partial charge in [-0.15, -0.1) is 0 Å². The van der Waals surface area contributed by atoms with E-state index in [0.717, 1.165) is 37.9 Å². The topological polar surface area (TPSA) is 72.1 Å². The zero-order valence-electron chi connectivity index (χ0n) is 15.3. The van der Waals surface area contributed by atoms with E-state index in [9.17, 15) is 9.18 Å². The summed E-state index contributed by atoms with van der Waals surface area (Å²) in [5.41, 5.74) is 7.73. The normalized spacial score (nSPS) is 17.8. The number of nitrogens with two attached hydrogens (primary N) is 1. The minimum Gasteiger partial charge on any atom is -0.368 e. The van der Waals surface area contributed by atoms with Crippen molar-refractivity contribution in [1.82, 2.24) is 9.97 Å². The van der Waals surface area contributed by atoms with Gasteiger partial charge in [0, 0.05) is 35.9 Å². The maximum atomic E-state index is 14.7. The monoisotopic (exact) mass is 356 g/mol. The third-order valence-electron chi connectivity index (χ3n) is 4.90. The molecule has 1 aromatic carbocycles. The molecule has 1 fully saturated rings. The zero-order valence-corrected chi connectivity index (χ0v) is 15.3. The van der Waals surface area contributed by atoms with E-state index in [2.05, 4.69) is 14.9 Å². The van der Waals surface area contributed by atoms with Crippen molar-refractivity contribution < 1.29 is 9.18 Å². The Kier molecular flexibility index (Phi) is 5.49. The Balaban J connectivity index is 2.06. The number of anilines is 2. The van der Waals surface area contributed by atoms with E-state index in [0.29, 0.717) is 23.4 Å². The molecule has 26 heavy (non-hydrogen) atoms. The summed E-state index contributed by atoms with van der Waals surface area (Å²) in [7, 11) is 0. The van der Waals surface area contributed by atoms with Crippen LogP contribution in [0.15, 0.2) is 24.3 Å². The number of hydrogen-bond acceptors (Lipinski definition) is 5. The fourth-order valence-corrected chi connectivity index (χ4v) is 3.60. The standard InChI is InChI=1S/C20H25FN4O/c1-3-18(26)14-8-9-16(21)15(12-14)17-7-5-4-6-10-25(17)19-11-13(2)23-20(22)24-19/h8-9,11-12,17H,3-7,10H2,1-2H3,(H2,22,23,24). The van der Waals surface area contributed by atoms with Crippen molar-refractivity contribution in [2.75, 3.05) is 17.2 Å². The lowest BCUT2D eigenvalue weighted by atomic mass is 9.96. The van der Waals surface area contributed by atoms with Gasteiger partial charge in [-0.3, -0.25) is 4.79 Å². The maximum Gasteiger partial charge on any atom is 0.222 e. The van der Waals surface area contributed by atoms with E-state index >= 15 is 0 Å². The van der Waals surface area contributed by atoms with E-state index in [1.165, 1.54) is 6.07 Å². The molecule has 1 aliphatic rings. The first-order valence-electron chi connectivity index (χ1n) is 9.20. The number of carbonyl (C=O) groups excluding carboxylic acids is 1. The summed E-state index contributed by atoms with van der Waals surface area (Å²) in [6.45, 7) is 4.46. The van der Waals surface area contributed by atoms with Crippen LogP contribution in [0.1, 0.15) is 66.7 Å². The molecule has 3 rings (SSSR count). The molecule has 0 spiro atoms. The van der Waals surface area contributed by atoms with Crippen LogP contribution in [0.4, 0.5) is 16.2 Å². The molecule has 6 heteroatoms. The number of aryl methyl sites for hydroxylation is 1. The van der Waals surface area contributed by atoms with Crippen LogP contribution < -0.4 is 10.6 Å². The fourth-order valence-electron chi connectivity index (χ4n) is 3.60. The van der Waals surface area contributed by atoms with E-state index in [1.807, 2.05) is 19.9 Å². The molecule has 1 atom stereocenters. The van der Waals surface area contributed by atoms with Crippen LogP contribution >= 0.6 is 0 Å². The summed E-state index contributed by atoms with van der Waals surface area (Å²) in [4.78, 5) is 22.7. The number of rotatable bonds is 4. The molecule has 0 saturated carbocycles. The molecule has 2 N–H and O–H groups in total. The van der Waals surface area contributed by atoms with E-state index in [1.54, 1.807) is 12.1 Å². The van der Waals surface area contributed by atoms with Crippen LogP contribution in [0.2, 0.25) is 0 Å². The second-order valence-electron chi connectivity index (χ2n) is 6.80. The van der Waals surface area contributed by atoms with Gasteiger partial charge in [0.15, 0.2) is 5.78 Å². The molecule has 0 aliphatic carbocycles. The summed E-state index contributed by atoms with van der Waals surface area (Å²) in [6.07, 6.45) is 4.31. The van der Waals surface area contributed by atoms with Gasteiger partial charge in [-0.2, -0.15) is 4.98 Å². The quantitative estimate of drug-likeness (QED) is 0.831. The van der Waals surface area contributed by atoms with Crippen molar-refractivity contribution in [3.05, 3.63) is 46.9 Å². The van der Waals surface area contributed by atoms with Gasteiger partial charge in [0.1, 0.15) is 11.6 Å². The Labute approximate surface area is 153 Å². The first-order valence-corrected chi connectivity index (χ1v) is 9.20. The summed E-state index contributed by atoms with van der Waals surface area (Å²) in [5, 5.41) is 0. The molecule has 1 saturated heterocycles. The van der Waals surface area contributed by atoms with Gasteiger partial charge < -0.3 is 10.6 Å². The van der Waals surface area contributed by atoms with Gasteiger partial charge in [-0.1, -0.05) is 19.8 Å². The van der Waals surface area contributed by atoms with Crippen LogP contribution in [-0.4, -0.2) is 22.3 Å². The number of carbonyl (C=O) groups is 1. The molecule has 1 unspecified atom stereocenters. The maximum absolute atomic E-state index is 14.7. The lowest BCUT2D eigenvalue weighted by Crippen LogP contribution is -2.30. The second kappa shape index (κ2) is 7.81. The number of aromatic nitrogens is 2. The smallest absolute Gasteiger partial charge is 0.222 e. The summed E-state index contributed by atoms with van der Waals surface area (Å²) >= 11 is 0. The molecule has 0 bridgehead atoms. The van der Waals surface area contributed by atoms with Crippen LogP contribution in [0.5, 0.6) is 0 Å². The number of nitrogens with zero attached hydrogens (tertiary/aromatic N) is 3. The molecule has 2 heterocycles. The summed E-state index contributed by atoms with van der Waals surface area (Å²) in [6, 6.07) is 6.39. The number of benzene rings is 1. The van der Waals surface area contributed by atoms with Gasteiger partial charge in [-0.25, -0.2) is 9.37 Å². The molecular weight excluding hydrogens is 331 g/mol. The van der Waals surface area contributed by atoms with Crippen molar-refractivity contribution in [1.29, 1.82) is 0 Å². The first-order chi connectivity index (χ1) is 12.5. The van der Waals surface area contributed by atoms with E-state index in [-0.39, 0.29) is 23.6 Å². The summed E-state index contributed by atoms with van der Waals surface area (Å²) in [5.74, 6) is 0.675. The number of nitrogen functional groups attached to an aromatic ring is 1. The number of halogens is 1. The Morgan fingerprint density at radius 2 is 2.08 bits per heavy atom.